The lowest BCUT2D eigenvalue weighted by molar-refractivity contribution is -0.177. The first kappa shape index (κ1) is 19.6. The average molecular weight is 408 g/mol. The molecular formula is C19H23F3N6O. The van der Waals surface area contributed by atoms with Crippen LogP contribution in [-0.4, -0.2) is 62.4 Å². The summed E-state index contributed by atoms with van der Waals surface area (Å²) in [7, 11) is 1.70. The number of rotatable bonds is 3. The minimum atomic E-state index is -4.32. The van der Waals surface area contributed by atoms with E-state index in [1.807, 2.05) is 0 Å². The Hall–Kier alpha value is -2.67. The number of benzene rings is 1. The third kappa shape index (κ3) is 3.67. The van der Waals surface area contributed by atoms with Crippen LogP contribution in [0.15, 0.2) is 12.1 Å². The number of halogens is 3. The van der Waals surface area contributed by atoms with Gasteiger partial charge in [0.1, 0.15) is 6.07 Å². The standard InChI is InChI=1S/C19H23F3N6O/c1-27-5-4-14(18(27)29)26-13-6-12(19(20,21)22)8-28(9-13)15-3-2-11(7-23)16-17(15)25-10-24-16/h2-3,12-14,24-26H,4-6,8-10H2,1H3. The predicted molar refractivity (Wildman–Crippen MR) is 103 cm³/mol. The molecule has 2 saturated heterocycles. The van der Waals surface area contributed by atoms with Crippen LogP contribution in [-0.2, 0) is 4.79 Å². The topological polar surface area (TPSA) is 83.4 Å². The minimum absolute atomic E-state index is 0.0579. The molecule has 3 N–H and O–H groups in total. The molecule has 0 aromatic heterocycles. The van der Waals surface area contributed by atoms with Gasteiger partial charge in [-0.25, -0.2) is 0 Å². The molecule has 156 valence electrons. The molecule has 4 rings (SSSR count). The van der Waals surface area contributed by atoms with Gasteiger partial charge in [0.05, 0.1) is 41.3 Å². The number of anilines is 3. The molecule has 29 heavy (non-hydrogen) atoms. The van der Waals surface area contributed by atoms with Gasteiger partial charge in [-0.15, -0.1) is 0 Å². The summed E-state index contributed by atoms with van der Waals surface area (Å²) in [6.07, 6.45) is -3.78. The highest BCUT2D eigenvalue weighted by Gasteiger charge is 2.46. The van der Waals surface area contributed by atoms with E-state index in [1.165, 1.54) is 0 Å². The molecule has 3 aliphatic heterocycles. The van der Waals surface area contributed by atoms with E-state index in [0.29, 0.717) is 48.8 Å². The molecule has 0 aliphatic carbocycles. The van der Waals surface area contributed by atoms with Crippen LogP contribution < -0.4 is 20.9 Å². The van der Waals surface area contributed by atoms with Crippen LogP contribution in [0.1, 0.15) is 18.4 Å². The smallest absolute Gasteiger partial charge is 0.368 e. The summed E-state index contributed by atoms with van der Waals surface area (Å²) < 4.78 is 40.9. The maximum atomic E-state index is 13.6. The fourth-order valence-electron chi connectivity index (χ4n) is 4.45. The lowest BCUT2D eigenvalue weighted by atomic mass is 9.92. The molecule has 0 saturated carbocycles. The molecular weight excluding hydrogens is 385 g/mol. The second kappa shape index (κ2) is 7.30. The van der Waals surface area contributed by atoms with Crippen LogP contribution in [0, 0.1) is 17.2 Å². The second-order valence-electron chi connectivity index (χ2n) is 7.87. The van der Waals surface area contributed by atoms with E-state index < -0.39 is 24.2 Å². The van der Waals surface area contributed by atoms with Crippen molar-refractivity contribution >= 4 is 23.0 Å². The molecule has 0 bridgehead atoms. The lowest BCUT2D eigenvalue weighted by Gasteiger charge is -2.41. The summed E-state index contributed by atoms with van der Waals surface area (Å²) >= 11 is 0. The van der Waals surface area contributed by atoms with Crippen molar-refractivity contribution in [2.24, 2.45) is 5.92 Å². The SMILES string of the molecule is CN1CCC(NC2CC(C(F)(F)F)CN(c3ccc(C#N)c4c3NCN4)C2)C1=O. The highest BCUT2D eigenvalue weighted by Crippen LogP contribution is 2.42. The van der Waals surface area contributed by atoms with Crippen LogP contribution in [0.3, 0.4) is 0 Å². The van der Waals surface area contributed by atoms with Crippen molar-refractivity contribution < 1.29 is 18.0 Å². The summed E-state index contributed by atoms with van der Waals surface area (Å²) in [5, 5.41) is 18.6. The van der Waals surface area contributed by atoms with Gasteiger partial charge >= 0.3 is 6.18 Å². The normalized spacial score (nSPS) is 26.7. The first-order chi connectivity index (χ1) is 13.8. The molecule has 2 fully saturated rings. The Labute approximate surface area is 166 Å². The van der Waals surface area contributed by atoms with Crippen molar-refractivity contribution in [2.45, 2.75) is 31.1 Å². The molecule has 3 unspecified atom stereocenters. The predicted octanol–water partition coefficient (Wildman–Crippen LogP) is 1.93. The number of hydrogen-bond donors (Lipinski definition) is 3. The zero-order chi connectivity index (χ0) is 20.8. The Morgan fingerprint density at radius 1 is 1.24 bits per heavy atom. The Bertz CT molecular complexity index is 852. The van der Waals surface area contributed by atoms with Gasteiger partial charge in [0.2, 0.25) is 5.91 Å². The quantitative estimate of drug-likeness (QED) is 0.709. The number of nitrogens with one attached hydrogen (secondary N) is 3. The van der Waals surface area contributed by atoms with E-state index in [1.54, 1.807) is 29.0 Å². The number of likely N-dealkylation sites (N-methyl/N-ethyl adjacent to an activating group) is 1. The molecule has 3 aliphatic rings. The molecule has 10 heteroatoms. The third-order valence-electron chi connectivity index (χ3n) is 5.95. The van der Waals surface area contributed by atoms with E-state index in [-0.39, 0.29) is 18.9 Å². The maximum absolute atomic E-state index is 13.6. The maximum Gasteiger partial charge on any atom is 0.393 e. The number of fused-ring (bicyclic) bond motifs is 1. The summed E-state index contributed by atoms with van der Waals surface area (Å²) in [5.74, 6) is -1.57. The zero-order valence-electron chi connectivity index (χ0n) is 16.0. The van der Waals surface area contributed by atoms with Crippen LogP contribution >= 0.6 is 0 Å². The molecule has 1 aromatic rings. The number of hydrogen-bond acceptors (Lipinski definition) is 6. The van der Waals surface area contributed by atoms with Gasteiger partial charge in [-0.1, -0.05) is 0 Å². The number of carbonyl (C=O) groups excluding carboxylic acids is 1. The van der Waals surface area contributed by atoms with Crippen molar-refractivity contribution in [1.29, 1.82) is 5.26 Å². The fraction of sp³-hybridized carbons (Fsp3) is 0.579. The number of piperidine rings is 1. The molecule has 3 heterocycles. The number of likely N-dealkylation sites (tertiary alicyclic amines) is 1. The van der Waals surface area contributed by atoms with Gasteiger partial charge in [0, 0.05) is 32.7 Å². The molecule has 1 amide bonds. The fourth-order valence-corrected chi connectivity index (χ4v) is 4.45. The molecule has 1 aromatic carbocycles. The largest absolute Gasteiger partial charge is 0.393 e. The number of amides is 1. The van der Waals surface area contributed by atoms with Crippen molar-refractivity contribution in [3.8, 4) is 6.07 Å². The Kier molecular flexibility index (Phi) is 4.94. The second-order valence-corrected chi connectivity index (χ2v) is 7.87. The molecule has 0 spiro atoms. The van der Waals surface area contributed by atoms with Crippen LogP contribution in [0.5, 0.6) is 0 Å². The van der Waals surface area contributed by atoms with E-state index in [2.05, 4.69) is 22.0 Å². The Morgan fingerprint density at radius 3 is 2.66 bits per heavy atom. The first-order valence-electron chi connectivity index (χ1n) is 9.65. The van der Waals surface area contributed by atoms with Gasteiger partial charge in [0.15, 0.2) is 0 Å². The summed E-state index contributed by atoms with van der Waals surface area (Å²) in [4.78, 5) is 15.5. The van der Waals surface area contributed by atoms with Crippen LogP contribution in [0.25, 0.3) is 0 Å². The van der Waals surface area contributed by atoms with E-state index >= 15 is 0 Å². The number of alkyl halides is 3. The van der Waals surface area contributed by atoms with Gasteiger partial charge < -0.3 is 25.8 Å². The van der Waals surface area contributed by atoms with Crippen molar-refractivity contribution in [3.05, 3.63) is 17.7 Å². The van der Waals surface area contributed by atoms with Gasteiger partial charge in [-0.3, -0.25) is 4.79 Å². The number of nitrogens with zero attached hydrogens (tertiary/aromatic N) is 3. The zero-order valence-corrected chi connectivity index (χ0v) is 16.0. The lowest BCUT2D eigenvalue weighted by Crippen LogP contribution is -2.55. The Balaban J connectivity index is 1.61. The number of carbonyl (C=O) groups is 1. The van der Waals surface area contributed by atoms with Gasteiger partial charge in [-0.05, 0) is 25.0 Å². The van der Waals surface area contributed by atoms with Gasteiger partial charge in [0.25, 0.3) is 0 Å². The molecule has 0 radical (unpaired) electrons. The molecule has 7 nitrogen and oxygen atoms in total. The summed E-state index contributed by atoms with van der Waals surface area (Å²) in [6, 6.07) is 4.52. The van der Waals surface area contributed by atoms with Crippen LogP contribution in [0.2, 0.25) is 0 Å². The van der Waals surface area contributed by atoms with Crippen molar-refractivity contribution in [3.63, 3.8) is 0 Å². The minimum Gasteiger partial charge on any atom is -0.368 e. The summed E-state index contributed by atoms with van der Waals surface area (Å²) in [6.45, 7) is 1.23. The Morgan fingerprint density at radius 2 is 2.00 bits per heavy atom. The third-order valence-corrected chi connectivity index (χ3v) is 5.95. The van der Waals surface area contributed by atoms with E-state index in [0.717, 1.165) is 0 Å². The summed E-state index contributed by atoms with van der Waals surface area (Å²) in [5.41, 5.74) is 2.37. The van der Waals surface area contributed by atoms with Crippen molar-refractivity contribution in [1.82, 2.24) is 10.2 Å². The monoisotopic (exact) mass is 408 g/mol. The van der Waals surface area contributed by atoms with Crippen LogP contribution in [0.4, 0.5) is 30.2 Å². The first-order valence-corrected chi connectivity index (χ1v) is 9.65. The van der Waals surface area contributed by atoms with Gasteiger partial charge in [-0.2, -0.15) is 18.4 Å². The molecule has 3 atom stereocenters. The highest BCUT2D eigenvalue weighted by molar-refractivity contribution is 5.90. The highest BCUT2D eigenvalue weighted by atomic mass is 19.4. The van der Waals surface area contributed by atoms with E-state index in [4.69, 9.17) is 0 Å². The average Bonchev–Trinajstić information content (AvgIpc) is 3.29. The van der Waals surface area contributed by atoms with E-state index in [9.17, 15) is 23.2 Å². The van der Waals surface area contributed by atoms with Crippen molar-refractivity contribution in [2.75, 3.05) is 48.9 Å². The number of nitriles is 1.